The number of ether oxygens (including phenoxy) is 1. The molecule has 4 rings (SSSR count). The van der Waals surface area contributed by atoms with Gasteiger partial charge in [-0.3, -0.25) is 4.98 Å². The zero-order valence-corrected chi connectivity index (χ0v) is 15.2. The van der Waals surface area contributed by atoms with Gasteiger partial charge in [0.05, 0.1) is 18.9 Å². The molecule has 1 saturated heterocycles. The Balaban J connectivity index is 1.93. The first-order valence-corrected chi connectivity index (χ1v) is 8.95. The Morgan fingerprint density at radius 1 is 1.04 bits per heavy atom. The SMILES string of the molecule is N#Cc1c(-c2ccc(Cl)cc2)nc(-c2cccnc2)nc1N1CCOCC1. The normalized spacial score (nSPS) is 14.0. The third-order valence-electron chi connectivity index (χ3n) is 4.35. The van der Waals surface area contributed by atoms with E-state index in [4.69, 9.17) is 26.3 Å². The number of nitrogens with zero attached hydrogens (tertiary/aromatic N) is 5. The highest BCUT2D eigenvalue weighted by molar-refractivity contribution is 6.30. The van der Waals surface area contributed by atoms with Gasteiger partial charge in [0.25, 0.3) is 0 Å². The van der Waals surface area contributed by atoms with Crippen molar-refractivity contribution in [1.29, 1.82) is 5.26 Å². The van der Waals surface area contributed by atoms with Crippen LogP contribution in [0.2, 0.25) is 5.02 Å². The Kier molecular flexibility index (Phi) is 4.97. The molecule has 0 saturated carbocycles. The highest BCUT2D eigenvalue weighted by Crippen LogP contribution is 2.31. The number of rotatable bonds is 3. The lowest BCUT2D eigenvalue weighted by Gasteiger charge is -2.29. The molecule has 27 heavy (non-hydrogen) atoms. The monoisotopic (exact) mass is 377 g/mol. The molecule has 0 atom stereocenters. The quantitative estimate of drug-likeness (QED) is 0.694. The first-order chi connectivity index (χ1) is 13.3. The van der Waals surface area contributed by atoms with Crippen molar-refractivity contribution in [2.75, 3.05) is 31.2 Å². The van der Waals surface area contributed by atoms with Crippen molar-refractivity contribution in [3.63, 3.8) is 0 Å². The largest absolute Gasteiger partial charge is 0.378 e. The summed E-state index contributed by atoms with van der Waals surface area (Å²) >= 11 is 6.02. The van der Waals surface area contributed by atoms with E-state index in [0.29, 0.717) is 54.2 Å². The number of benzene rings is 1. The summed E-state index contributed by atoms with van der Waals surface area (Å²) in [5, 5.41) is 10.5. The van der Waals surface area contributed by atoms with E-state index in [-0.39, 0.29) is 0 Å². The molecule has 1 fully saturated rings. The molecular formula is C20H16ClN5O. The number of morpholine rings is 1. The molecule has 6 nitrogen and oxygen atoms in total. The number of nitriles is 1. The summed E-state index contributed by atoms with van der Waals surface area (Å²) in [6, 6.07) is 13.3. The van der Waals surface area contributed by atoms with Crippen molar-refractivity contribution < 1.29 is 4.74 Å². The number of hydrogen-bond acceptors (Lipinski definition) is 6. The van der Waals surface area contributed by atoms with E-state index in [1.54, 1.807) is 24.5 Å². The van der Waals surface area contributed by atoms with Gasteiger partial charge in [-0.1, -0.05) is 23.7 Å². The average molecular weight is 378 g/mol. The van der Waals surface area contributed by atoms with E-state index in [2.05, 4.69) is 16.0 Å². The standard InChI is InChI=1S/C20H16ClN5O/c21-16-5-3-14(4-6-16)18-17(12-22)20(26-8-10-27-11-9-26)25-19(24-18)15-2-1-7-23-13-15/h1-7,13H,8-11H2. The fraction of sp³-hybridized carbons (Fsp3) is 0.200. The summed E-state index contributed by atoms with van der Waals surface area (Å²) in [6.45, 7) is 2.57. The summed E-state index contributed by atoms with van der Waals surface area (Å²) in [5.41, 5.74) is 2.65. The molecule has 2 aromatic heterocycles. The number of hydrogen-bond donors (Lipinski definition) is 0. The molecule has 0 spiro atoms. The fourth-order valence-corrected chi connectivity index (χ4v) is 3.12. The summed E-state index contributed by atoms with van der Waals surface area (Å²) in [5.74, 6) is 1.16. The fourth-order valence-electron chi connectivity index (χ4n) is 3.00. The van der Waals surface area contributed by atoms with Gasteiger partial charge in [0.15, 0.2) is 11.6 Å². The number of aromatic nitrogens is 3. The zero-order chi connectivity index (χ0) is 18.6. The van der Waals surface area contributed by atoms with Crippen LogP contribution in [0.5, 0.6) is 0 Å². The highest BCUT2D eigenvalue weighted by atomic mass is 35.5. The van der Waals surface area contributed by atoms with Crippen molar-refractivity contribution in [3.8, 4) is 28.7 Å². The Morgan fingerprint density at radius 2 is 1.81 bits per heavy atom. The average Bonchev–Trinajstić information content (AvgIpc) is 2.74. The summed E-state index contributed by atoms with van der Waals surface area (Å²) in [7, 11) is 0. The van der Waals surface area contributed by atoms with Crippen LogP contribution in [0.25, 0.3) is 22.6 Å². The molecule has 3 heterocycles. The summed E-state index contributed by atoms with van der Waals surface area (Å²) in [6.07, 6.45) is 3.42. The molecule has 0 N–H and O–H groups in total. The van der Waals surface area contributed by atoms with Crippen molar-refractivity contribution in [1.82, 2.24) is 15.0 Å². The van der Waals surface area contributed by atoms with Crippen LogP contribution in [-0.4, -0.2) is 41.3 Å². The minimum absolute atomic E-state index is 0.451. The predicted molar refractivity (Wildman–Crippen MR) is 103 cm³/mol. The van der Waals surface area contributed by atoms with Gasteiger partial charge in [-0.2, -0.15) is 5.26 Å². The second kappa shape index (κ2) is 7.70. The minimum atomic E-state index is 0.451. The first-order valence-electron chi connectivity index (χ1n) is 8.57. The van der Waals surface area contributed by atoms with Crippen molar-refractivity contribution in [3.05, 3.63) is 59.4 Å². The Morgan fingerprint density at radius 3 is 2.48 bits per heavy atom. The molecule has 0 unspecified atom stereocenters. The third-order valence-corrected chi connectivity index (χ3v) is 4.60. The van der Waals surface area contributed by atoms with Crippen molar-refractivity contribution in [2.24, 2.45) is 0 Å². The Labute approximate surface area is 162 Å². The van der Waals surface area contributed by atoms with E-state index in [1.165, 1.54) is 0 Å². The van der Waals surface area contributed by atoms with Crippen LogP contribution in [0.15, 0.2) is 48.8 Å². The van der Waals surface area contributed by atoms with Gasteiger partial charge in [-0.25, -0.2) is 9.97 Å². The molecule has 0 bridgehead atoms. The number of anilines is 1. The number of pyridine rings is 1. The maximum absolute atomic E-state index is 9.88. The second-order valence-electron chi connectivity index (χ2n) is 6.05. The molecule has 1 aromatic carbocycles. The van der Waals surface area contributed by atoms with Crippen LogP contribution in [0.1, 0.15) is 5.56 Å². The van der Waals surface area contributed by atoms with Gasteiger partial charge < -0.3 is 9.64 Å². The molecule has 7 heteroatoms. The lowest BCUT2D eigenvalue weighted by Crippen LogP contribution is -2.37. The van der Waals surface area contributed by atoms with Crippen molar-refractivity contribution in [2.45, 2.75) is 0 Å². The lowest BCUT2D eigenvalue weighted by molar-refractivity contribution is 0.122. The molecule has 0 aliphatic carbocycles. The molecule has 1 aliphatic heterocycles. The highest BCUT2D eigenvalue weighted by Gasteiger charge is 2.22. The van der Waals surface area contributed by atoms with E-state index in [9.17, 15) is 5.26 Å². The van der Waals surface area contributed by atoms with Gasteiger partial charge in [0, 0.05) is 41.6 Å². The van der Waals surface area contributed by atoms with E-state index < -0.39 is 0 Å². The lowest BCUT2D eigenvalue weighted by atomic mass is 10.1. The third kappa shape index (κ3) is 3.61. The van der Waals surface area contributed by atoms with Gasteiger partial charge in [-0.05, 0) is 24.3 Å². The van der Waals surface area contributed by atoms with Crippen LogP contribution in [0.4, 0.5) is 5.82 Å². The molecule has 1 aliphatic rings. The smallest absolute Gasteiger partial charge is 0.163 e. The molecule has 3 aromatic rings. The molecule has 0 amide bonds. The van der Waals surface area contributed by atoms with Crippen molar-refractivity contribution >= 4 is 17.4 Å². The van der Waals surface area contributed by atoms with E-state index in [0.717, 1.165) is 11.1 Å². The predicted octanol–water partition coefficient (Wildman–Crippen LogP) is 3.57. The number of halogens is 1. The zero-order valence-electron chi connectivity index (χ0n) is 14.5. The van der Waals surface area contributed by atoms with Crippen LogP contribution in [0.3, 0.4) is 0 Å². The van der Waals surface area contributed by atoms with Gasteiger partial charge in [-0.15, -0.1) is 0 Å². The van der Waals surface area contributed by atoms with Gasteiger partial charge in [0.2, 0.25) is 0 Å². The van der Waals surface area contributed by atoms with Gasteiger partial charge >= 0.3 is 0 Å². The minimum Gasteiger partial charge on any atom is -0.378 e. The maximum Gasteiger partial charge on any atom is 0.163 e. The van der Waals surface area contributed by atoms with E-state index >= 15 is 0 Å². The van der Waals surface area contributed by atoms with Crippen LogP contribution in [0, 0.1) is 11.3 Å². The second-order valence-corrected chi connectivity index (χ2v) is 6.49. The van der Waals surface area contributed by atoms with E-state index in [1.807, 2.05) is 24.3 Å². The molecular weight excluding hydrogens is 362 g/mol. The molecule has 0 radical (unpaired) electrons. The molecule has 134 valence electrons. The summed E-state index contributed by atoms with van der Waals surface area (Å²) < 4.78 is 5.45. The first kappa shape index (κ1) is 17.4. The Bertz CT molecular complexity index is 980. The van der Waals surface area contributed by atoms with Crippen LogP contribution in [-0.2, 0) is 4.74 Å². The topological polar surface area (TPSA) is 74.9 Å². The van der Waals surface area contributed by atoms with Crippen LogP contribution >= 0.6 is 11.6 Å². The Hall–Kier alpha value is -3.01. The maximum atomic E-state index is 9.88. The summed E-state index contributed by atoms with van der Waals surface area (Å²) in [4.78, 5) is 15.6. The van der Waals surface area contributed by atoms with Gasteiger partial charge in [0.1, 0.15) is 11.6 Å². The van der Waals surface area contributed by atoms with Crippen LogP contribution < -0.4 is 4.90 Å².